The number of carboxylic acids is 1. The van der Waals surface area contributed by atoms with Crippen molar-refractivity contribution in [2.75, 3.05) is 10.6 Å². The molecular weight excluding hydrogens is 501 g/mol. The summed E-state index contributed by atoms with van der Waals surface area (Å²) >= 11 is 6.71. The minimum atomic E-state index is -4.55. The Kier molecular flexibility index (Phi) is 6.88. The Morgan fingerprint density at radius 1 is 1.03 bits per heavy atom. The van der Waals surface area contributed by atoms with Gasteiger partial charge in [0.2, 0.25) is 0 Å². The Bertz CT molecular complexity index is 1170. The van der Waals surface area contributed by atoms with Gasteiger partial charge in [-0.2, -0.15) is 13.2 Å². The number of nitrogens with one attached hydrogen (secondary N) is 2. The van der Waals surface area contributed by atoms with Crippen LogP contribution in [-0.4, -0.2) is 17.1 Å². The highest BCUT2D eigenvalue weighted by Crippen LogP contribution is 2.59. The van der Waals surface area contributed by atoms with Crippen LogP contribution in [0.25, 0.3) is 0 Å². The zero-order valence-corrected chi connectivity index (χ0v) is 21.9. The monoisotopic (exact) mass is 534 g/mol. The van der Waals surface area contributed by atoms with E-state index in [1.165, 1.54) is 18.4 Å². The van der Waals surface area contributed by atoms with E-state index in [1.807, 2.05) is 12.1 Å². The van der Waals surface area contributed by atoms with E-state index in [4.69, 9.17) is 11.6 Å². The summed E-state index contributed by atoms with van der Waals surface area (Å²) in [7, 11) is 0. The summed E-state index contributed by atoms with van der Waals surface area (Å²) in [5, 5.41) is 16.1. The summed E-state index contributed by atoms with van der Waals surface area (Å²) in [6, 6.07) is 9.23. The lowest BCUT2D eigenvalue weighted by molar-refractivity contribution is -0.141. The Morgan fingerprint density at radius 2 is 1.70 bits per heavy atom. The number of carboxylic acid groups (broad SMARTS) is 1. The number of carbonyl (C=O) groups is 1. The van der Waals surface area contributed by atoms with Gasteiger partial charge in [-0.15, -0.1) is 0 Å². The van der Waals surface area contributed by atoms with Crippen LogP contribution < -0.4 is 10.6 Å². The Balaban J connectivity index is 1.42. The van der Waals surface area contributed by atoms with E-state index in [1.54, 1.807) is 6.07 Å². The number of aliphatic carboxylic acids is 1. The second-order valence-corrected chi connectivity index (χ2v) is 12.1. The summed E-state index contributed by atoms with van der Waals surface area (Å²) in [5.74, 6) is 0.445. The summed E-state index contributed by atoms with van der Waals surface area (Å²) in [6.45, 7) is 4.62. The number of fused-ring (bicyclic) bond motifs is 1. The van der Waals surface area contributed by atoms with Gasteiger partial charge in [0.1, 0.15) is 0 Å². The predicted molar refractivity (Wildman–Crippen MR) is 141 cm³/mol. The van der Waals surface area contributed by atoms with E-state index in [9.17, 15) is 23.1 Å². The van der Waals surface area contributed by atoms with Crippen LogP contribution in [-0.2, 0) is 16.4 Å². The van der Waals surface area contributed by atoms with Gasteiger partial charge in [0.15, 0.2) is 0 Å². The lowest BCUT2D eigenvalue weighted by Crippen LogP contribution is -2.29. The lowest BCUT2D eigenvalue weighted by Gasteiger charge is -2.31. The molecule has 0 amide bonds. The molecule has 37 heavy (non-hydrogen) atoms. The van der Waals surface area contributed by atoms with Crippen LogP contribution >= 0.6 is 11.6 Å². The minimum absolute atomic E-state index is 0.135. The quantitative estimate of drug-likeness (QED) is 0.348. The van der Waals surface area contributed by atoms with E-state index in [0.717, 1.165) is 31.4 Å². The molecule has 3 fully saturated rings. The Labute approximate surface area is 221 Å². The van der Waals surface area contributed by atoms with E-state index < -0.39 is 29.7 Å². The van der Waals surface area contributed by atoms with Crippen LogP contribution in [0, 0.1) is 23.7 Å². The zero-order valence-electron chi connectivity index (χ0n) is 21.2. The van der Waals surface area contributed by atoms with Gasteiger partial charge in [-0.05, 0) is 97.6 Å². The summed E-state index contributed by atoms with van der Waals surface area (Å²) < 4.78 is 41.2. The second kappa shape index (κ2) is 9.72. The van der Waals surface area contributed by atoms with Crippen molar-refractivity contribution in [3.63, 3.8) is 0 Å². The second-order valence-electron chi connectivity index (χ2n) is 11.7. The van der Waals surface area contributed by atoms with Gasteiger partial charge in [0.05, 0.1) is 22.2 Å². The number of rotatable bonds is 6. The van der Waals surface area contributed by atoms with Gasteiger partial charge < -0.3 is 15.7 Å². The fraction of sp³-hybridized carbons (Fsp3) is 0.552. The van der Waals surface area contributed by atoms with Gasteiger partial charge >= 0.3 is 12.1 Å². The molecule has 200 valence electrons. The van der Waals surface area contributed by atoms with Crippen molar-refractivity contribution in [1.82, 2.24) is 0 Å². The average Bonchev–Trinajstić information content (AvgIpc) is 3.46. The molecule has 0 heterocycles. The molecule has 0 spiro atoms. The maximum absolute atomic E-state index is 13.7. The smallest absolute Gasteiger partial charge is 0.416 e. The Hall–Kier alpha value is -2.41. The average molecular weight is 535 g/mol. The molecule has 3 aliphatic carbocycles. The first-order chi connectivity index (χ1) is 17.4. The Morgan fingerprint density at radius 3 is 2.32 bits per heavy atom. The van der Waals surface area contributed by atoms with Crippen molar-refractivity contribution in [2.24, 2.45) is 23.7 Å². The van der Waals surface area contributed by atoms with E-state index in [-0.39, 0.29) is 16.8 Å². The largest absolute Gasteiger partial charge is 0.481 e. The third-order valence-corrected chi connectivity index (χ3v) is 9.16. The van der Waals surface area contributed by atoms with Crippen LogP contribution in [0.3, 0.4) is 0 Å². The van der Waals surface area contributed by atoms with Crippen molar-refractivity contribution < 1.29 is 23.1 Å². The summed E-state index contributed by atoms with van der Waals surface area (Å²) in [5.41, 5.74) is 1.59. The molecule has 2 aromatic rings. The zero-order chi connectivity index (χ0) is 26.5. The van der Waals surface area contributed by atoms with Crippen molar-refractivity contribution >= 4 is 34.6 Å². The normalized spacial score (nSPS) is 31.4. The van der Waals surface area contributed by atoms with Crippen LogP contribution in [0.1, 0.15) is 69.9 Å². The van der Waals surface area contributed by atoms with Crippen molar-refractivity contribution in [2.45, 2.75) is 76.4 Å². The van der Waals surface area contributed by atoms with E-state index >= 15 is 0 Å². The number of benzene rings is 2. The standard InChI is InChI=1S/C29H34ClF3N2O2/c1-16-8-19-9-17(2)15-28(19,14-16)18-6-7-26(24(30)12-18)35-22-11-20(29(31,32)33)10-21(13-22)34-25-5-3-4-23(25)27(36)37/h6-7,10-13,16-17,19,23,25,34-35H,3-5,8-9,14-15H2,1-2H3,(H,36,37). The molecule has 3 N–H and O–H groups in total. The van der Waals surface area contributed by atoms with Crippen LogP contribution in [0.2, 0.25) is 5.02 Å². The van der Waals surface area contributed by atoms with Gasteiger partial charge in [-0.25, -0.2) is 0 Å². The predicted octanol–water partition coefficient (Wildman–Crippen LogP) is 8.48. The molecule has 4 unspecified atom stereocenters. The maximum Gasteiger partial charge on any atom is 0.416 e. The molecule has 3 saturated carbocycles. The van der Waals surface area contributed by atoms with Gasteiger partial charge in [0, 0.05) is 17.4 Å². The van der Waals surface area contributed by atoms with Crippen molar-refractivity contribution in [3.8, 4) is 0 Å². The fourth-order valence-electron chi connectivity index (χ4n) is 7.49. The number of alkyl halides is 3. The molecule has 5 rings (SSSR count). The highest BCUT2D eigenvalue weighted by Gasteiger charge is 2.52. The van der Waals surface area contributed by atoms with Crippen LogP contribution in [0.4, 0.5) is 30.2 Å². The van der Waals surface area contributed by atoms with Crippen LogP contribution in [0.15, 0.2) is 36.4 Å². The molecule has 2 aromatic carbocycles. The van der Waals surface area contributed by atoms with Gasteiger partial charge in [-0.1, -0.05) is 37.9 Å². The van der Waals surface area contributed by atoms with Gasteiger partial charge in [-0.3, -0.25) is 4.79 Å². The third-order valence-electron chi connectivity index (χ3n) is 8.85. The van der Waals surface area contributed by atoms with Crippen molar-refractivity contribution in [1.29, 1.82) is 0 Å². The number of anilines is 3. The number of hydrogen-bond acceptors (Lipinski definition) is 3. The van der Waals surface area contributed by atoms with Gasteiger partial charge in [0.25, 0.3) is 0 Å². The highest BCUT2D eigenvalue weighted by molar-refractivity contribution is 6.33. The maximum atomic E-state index is 13.7. The van der Waals surface area contributed by atoms with E-state index in [0.29, 0.717) is 41.3 Å². The fourth-order valence-corrected chi connectivity index (χ4v) is 7.72. The molecule has 0 aliphatic heterocycles. The molecular formula is C29H34ClF3N2O2. The third kappa shape index (κ3) is 5.16. The first-order valence-corrected chi connectivity index (χ1v) is 13.6. The molecule has 8 heteroatoms. The van der Waals surface area contributed by atoms with E-state index in [2.05, 4.69) is 30.5 Å². The molecule has 0 bridgehead atoms. The molecule has 0 radical (unpaired) electrons. The molecule has 0 aromatic heterocycles. The molecule has 3 aliphatic rings. The summed E-state index contributed by atoms with van der Waals surface area (Å²) in [4.78, 5) is 11.6. The topological polar surface area (TPSA) is 61.4 Å². The lowest BCUT2D eigenvalue weighted by atomic mass is 9.73. The first kappa shape index (κ1) is 26.2. The molecule has 4 atom stereocenters. The molecule has 0 saturated heterocycles. The SMILES string of the molecule is CC1CC2CC(C)CC2(c2ccc(Nc3cc(NC4CCCC4C(=O)O)cc(C(F)(F)F)c3)c(Cl)c2)C1. The minimum Gasteiger partial charge on any atom is -0.481 e. The number of halogens is 4. The first-order valence-electron chi connectivity index (χ1n) is 13.2. The van der Waals surface area contributed by atoms with Crippen LogP contribution in [0.5, 0.6) is 0 Å². The summed E-state index contributed by atoms with van der Waals surface area (Å²) in [6.07, 6.45) is 2.04. The number of hydrogen-bond donors (Lipinski definition) is 3. The van der Waals surface area contributed by atoms with Crippen molar-refractivity contribution in [3.05, 3.63) is 52.5 Å². The molecule has 4 nitrogen and oxygen atoms in total. The highest BCUT2D eigenvalue weighted by atomic mass is 35.5.